The van der Waals surface area contributed by atoms with Crippen LogP contribution in [-0.2, 0) is 14.3 Å². The van der Waals surface area contributed by atoms with Gasteiger partial charge in [-0.3, -0.25) is 4.79 Å². The van der Waals surface area contributed by atoms with Crippen LogP contribution in [0.3, 0.4) is 0 Å². The second-order valence-electron chi connectivity index (χ2n) is 15.1. The van der Waals surface area contributed by atoms with Gasteiger partial charge in [-0.15, -0.1) is 0 Å². The van der Waals surface area contributed by atoms with Crippen LogP contribution in [0.15, 0.2) is 12.2 Å². The lowest BCUT2D eigenvalue weighted by Gasteiger charge is -2.40. The highest BCUT2D eigenvalue weighted by Crippen LogP contribution is 2.22. The maximum Gasteiger partial charge on any atom is 0.220 e. The monoisotopic (exact) mass is 728 g/mol. The summed E-state index contributed by atoms with van der Waals surface area (Å²) < 4.78 is 11.2. The molecule has 0 spiro atoms. The molecule has 1 aliphatic rings. The van der Waals surface area contributed by atoms with E-state index in [2.05, 4.69) is 19.2 Å². The number of carbonyl (C=O) groups is 1. The molecule has 0 aromatic heterocycles. The Bertz CT molecular complexity index is 812. The lowest BCUT2D eigenvalue weighted by molar-refractivity contribution is -0.302. The smallest absolute Gasteiger partial charge is 0.220 e. The number of allylic oxidation sites excluding steroid dienone is 1. The van der Waals surface area contributed by atoms with Crippen LogP contribution in [0.2, 0.25) is 0 Å². The zero-order valence-corrected chi connectivity index (χ0v) is 32.9. The summed E-state index contributed by atoms with van der Waals surface area (Å²) in [5, 5.41) is 54.0. The van der Waals surface area contributed by atoms with Crippen LogP contribution in [0, 0.1) is 0 Å². The van der Waals surface area contributed by atoms with Crippen molar-refractivity contribution < 1.29 is 39.8 Å². The molecule has 1 rings (SSSR count). The zero-order valence-electron chi connectivity index (χ0n) is 32.9. The van der Waals surface area contributed by atoms with Gasteiger partial charge < -0.3 is 40.3 Å². The molecule has 302 valence electrons. The summed E-state index contributed by atoms with van der Waals surface area (Å²) in [6.07, 6.45) is 29.6. The van der Waals surface area contributed by atoms with Crippen LogP contribution in [-0.4, -0.2) is 87.5 Å². The van der Waals surface area contributed by atoms with Crippen molar-refractivity contribution in [2.24, 2.45) is 0 Å². The number of aliphatic hydroxyl groups excluding tert-OH is 5. The predicted octanol–water partition coefficient (Wildman–Crippen LogP) is 8.17. The molecule has 0 aromatic rings. The average molecular weight is 728 g/mol. The second-order valence-corrected chi connectivity index (χ2v) is 15.1. The van der Waals surface area contributed by atoms with Gasteiger partial charge in [0.1, 0.15) is 24.4 Å². The quantitative estimate of drug-likeness (QED) is 0.0283. The van der Waals surface area contributed by atoms with E-state index in [0.717, 1.165) is 38.5 Å². The molecule has 1 fully saturated rings. The molecule has 0 aliphatic carbocycles. The van der Waals surface area contributed by atoms with E-state index in [9.17, 15) is 30.3 Å². The van der Waals surface area contributed by atoms with Gasteiger partial charge in [-0.25, -0.2) is 0 Å². The van der Waals surface area contributed by atoms with Crippen molar-refractivity contribution in [2.75, 3.05) is 13.2 Å². The Morgan fingerprint density at radius 3 is 1.53 bits per heavy atom. The number of amides is 1. The minimum Gasteiger partial charge on any atom is -0.394 e. The summed E-state index contributed by atoms with van der Waals surface area (Å²) in [6, 6.07) is -0.796. The van der Waals surface area contributed by atoms with E-state index in [4.69, 9.17) is 9.47 Å². The summed E-state index contributed by atoms with van der Waals surface area (Å²) in [7, 11) is 0. The van der Waals surface area contributed by atoms with E-state index in [-0.39, 0.29) is 12.5 Å². The van der Waals surface area contributed by atoms with Crippen molar-refractivity contribution in [2.45, 2.75) is 236 Å². The molecule has 1 heterocycles. The highest BCUT2D eigenvalue weighted by molar-refractivity contribution is 5.76. The molecule has 51 heavy (non-hydrogen) atoms. The van der Waals surface area contributed by atoms with Crippen molar-refractivity contribution in [3.05, 3.63) is 12.2 Å². The van der Waals surface area contributed by atoms with Crippen molar-refractivity contribution >= 4 is 5.91 Å². The highest BCUT2D eigenvalue weighted by Gasteiger charge is 2.44. The molecule has 0 aromatic carbocycles. The lowest BCUT2D eigenvalue weighted by Crippen LogP contribution is -2.60. The van der Waals surface area contributed by atoms with Gasteiger partial charge in [0, 0.05) is 6.42 Å². The largest absolute Gasteiger partial charge is 0.394 e. The third kappa shape index (κ3) is 24.8. The van der Waals surface area contributed by atoms with Gasteiger partial charge in [0.25, 0.3) is 0 Å². The number of hydrogen-bond acceptors (Lipinski definition) is 8. The number of carbonyl (C=O) groups excluding carboxylic acids is 1. The molecule has 9 nitrogen and oxygen atoms in total. The minimum absolute atomic E-state index is 0.176. The third-order valence-electron chi connectivity index (χ3n) is 10.4. The summed E-state index contributed by atoms with van der Waals surface area (Å²) in [6.45, 7) is 3.76. The van der Waals surface area contributed by atoms with Gasteiger partial charge >= 0.3 is 0 Å². The van der Waals surface area contributed by atoms with Gasteiger partial charge in [0.05, 0.1) is 25.4 Å². The number of aliphatic hydroxyl groups is 5. The first-order valence-electron chi connectivity index (χ1n) is 21.4. The third-order valence-corrected chi connectivity index (χ3v) is 10.4. The summed E-state index contributed by atoms with van der Waals surface area (Å²) >= 11 is 0. The number of hydrogen-bond donors (Lipinski definition) is 6. The molecule has 6 N–H and O–H groups in total. The Kier molecular flexibility index (Phi) is 31.5. The first-order chi connectivity index (χ1) is 24.8. The standard InChI is InChI=1S/C42H81NO8/c1-3-5-7-9-11-13-15-17-18-20-22-24-26-28-30-32-38(46)43-35(34-50-42-41(49)40(48)39(47)37(33-44)51-42)36(45)31-29-27-25-23-21-19-16-14-12-10-8-6-4-2/h29,31,35-37,39-42,44-45,47-49H,3-28,30,32-34H2,1-2H3,(H,43,46)/b31-29+/t35-,36+,37?,39-,40-,41-,42+/m0/s1. The van der Waals surface area contributed by atoms with Crippen LogP contribution < -0.4 is 5.32 Å². The highest BCUT2D eigenvalue weighted by atomic mass is 16.7. The van der Waals surface area contributed by atoms with E-state index < -0.39 is 49.5 Å². The van der Waals surface area contributed by atoms with Crippen LogP contribution in [0.1, 0.15) is 194 Å². The minimum atomic E-state index is -1.56. The van der Waals surface area contributed by atoms with Gasteiger partial charge in [-0.2, -0.15) is 0 Å². The summed E-state index contributed by atoms with van der Waals surface area (Å²) in [4.78, 5) is 12.9. The first kappa shape index (κ1) is 48.0. The molecule has 1 aliphatic heterocycles. The Hall–Kier alpha value is -1.07. The molecule has 1 unspecified atom stereocenters. The topological polar surface area (TPSA) is 149 Å². The second kappa shape index (κ2) is 33.5. The molecular formula is C42H81NO8. The Morgan fingerprint density at radius 1 is 0.647 bits per heavy atom. The molecule has 1 saturated heterocycles. The molecule has 7 atom stereocenters. The Balaban J connectivity index is 2.39. The van der Waals surface area contributed by atoms with E-state index in [1.807, 2.05) is 6.08 Å². The van der Waals surface area contributed by atoms with E-state index in [1.165, 1.54) is 135 Å². The fourth-order valence-electron chi connectivity index (χ4n) is 6.86. The van der Waals surface area contributed by atoms with Crippen LogP contribution in [0.5, 0.6) is 0 Å². The van der Waals surface area contributed by atoms with Gasteiger partial charge in [-0.1, -0.05) is 180 Å². The van der Waals surface area contributed by atoms with Crippen LogP contribution >= 0.6 is 0 Å². The molecule has 9 heteroatoms. The molecule has 0 saturated carbocycles. The van der Waals surface area contributed by atoms with Gasteiger partial charge in [0.15, 0.2) is 6.29 Å². The first-order valence-corrected chi connectivity index (χ1v) is 21.4. The zero-order chi connectivity index (χ0) is 37.4. The maximum atomic E-state index is 12.9. The number of unbranched alkanes of at least 4 members (excludes halogenated alkanes) is 25. The lowest BCUT2D eigenvalue weighted by atomic mass is 9.99. The molecule has 1 amide bonds. The van der Waals surface area contributed by atoms with Gasteiger partial charge in [0.2, 0.25) is 5.91 Å². The Labute approximate surface area is 312 Å². The van der Waals surface area contributed by atoms with Gasteiger partial charge in [-0.05, 0) is 19.3 Å². The maximum absolute atomic E-state index is 12.9. The fourth-order valence-corrected chi connectivity index (χ4v) is 6.86. The SMILES string of the molecule is CCCCCCCCCCCCC/C=C/[C@@H](O)[C@H](CO[C@@H]1OC(CO)[C@H](O)[C@H](O)[C@@H]1O)NC(=O)CCCCCCCCCCCCCCCCC. The number of rotatable bonds is 35. The number of ether oxygens (including phenoxy) is 2. The normalized spacial score (nSPS) is 22.1. The van der Waals surface area contributed by atoms with Crippen LogP contribution in [0.4, 0.5) is 0 Å². The average Bonchev–Trinajstić information content (AvgIpc) is 3.13. The Morgan fingerprint density at radius 2 is 1.08 bits per heavy atom. The summed E-state index contributed by atoms with van der Waals surface area (Å²) in [5.74, 6) is -0.176. The molecular weight excluding hydrogens is 646 g/mol. The summed E-state index contributed by atoms with van der Waals surface area (Å²) in [5.41, 5.74) is 0. The van der Waals surface area contributed by atoms with E-state index >= 15 is 0 Å². The van der Waals surface area contributed by atoms with E-state index in [0.29, 0.717) is 6.42 Å². The van der Waals surface area contributed by atoms with E-state index in [1.54, 1.807) is 6.08 Å². The molecule has 0 bridgehead atoms. The predicted molar refractivity (Wildman–Crippen MR) is 207 cm³/mol. The van der Waals surface area contributed by atoms with Crippen molar-refractivity contribution in [3.63, 3.8) is 0 Å². The van der Waals surface area contributed by atoms with Crippen LogP contribution in [0.25, 0.3) is 0 Å². The van der Waals surface area contributed by atoms with Crippen molar-refractivity contribution in [3.8, 4) is 0 Å². The number of nitrogens with one attached hydrogen (secondary N) is 1. The van der Waals surface area contributed by atoms with Crippen molar-refractivity contribution in [1.29, 1.82) is 0 Å². The molecule has 0 radical (unpaired) electrons. The van der Waals surface area contributed by atoms with Crippen molar-refractivity contribution in [1.82, 2.24) is 5.32 Å². The fraction of sp³-hybridized carbons (Fsp3) is 0.929.